The normalized spacial score (nSPS) is 18.6. The molecule has 7 heteroatoms. The second kappa shape index (κ2) is 6.04. The zero-order chi connectivity index (χ0) is 14.7. The van der Waals surface area contributed by atoms with Crippen molar-refractivity contribution in [3.8, 4) is 0 Å². The summed E-state index contributed by atoms with van der Waals surface area (Å²) in [6.45, 7) is 2.28. The van der Waals surface area contributed by atoms with Gasteiger partial charge in [0.15, 0.2) is 0 Å². The average Bonchev–Trinajstić information content (AvgIpc) is 2.67. The molecular weight excluding hydrogens is 280 g/mol. The largest absolute Gasteiger partial charge is 0.545 e. The van der Waals surface area contributed by atoms with Gasteiger partial charge in [0.05, 0.1) is 11.2 Å². The zero-order valence-electron chi connectivity index (χ0n) is 10.9. The molecule has 1 aliphatic rings. The molecule has 106 valence electrons. The van der Waals surface area contributed by atoms with Crippen molar-refractivity contribution in [2.24, 2.45) is 0 Å². The summed E-state index contributed by atoms with van der Waals surface area (Å²) in [5, 5.41) is 10.6. The molecule has 20 heavy (non-hydrogen) atoms. The molecule has 0 spiro atoms. The van der Waals surface area contributed by atoms with Gasteiger partial charge in [0.2, 0.25) is 11.8 Å². The summed E-state index contributed by atoms with van der Waals surface area (Å²) in [6.07, 6.45) is 2.22. The number of rotatable bonds is 5. The fraction of sp³-hybridized carbons (Fsp3) is 0.385. The number of carboxylic acid groups (broad SMARTS) is 1. The van der Waals surface area contributed by atoms with Crippen LogP contribution in [0, 0.1) is 0 Å². The lowest BCUT2D eigenvalue weighted by Crippen LogP contribution is -2.32. The van der Waals surface area contributed by atoms with E-state index in [4.69, 9.17) is 0 Å². The smallest absolute Gasteiger partial charge is 0.243 e. The van der Waals surface area contributed by atoms with Crippen LogP contribution in [0.5, 0.6) is 0 Å². The van der Waals surface area contributed by atoms with Crippen molar-refractivity contribution in [3.05, 3.63) is 23.9 Å². The SMILES string of the molecule is CCCN1C(=O)C[C@@H](Sc2ncccc2C(=O)[O-])C1=O. The zero-order valence-corrected chi connectivity index (χ0v) is 11.7. The van der Waals surface area contributed by atoms with E-state index in [1.165, 1.54) is 23.2 Å². The Hall–Kier alpha value is -1.89. The summed E-state index contributed by atoms with van der Waals surface area (Å²) in [4.78, 5) is 40.0. The first-order valence-electron chi connectivity index (χ1n) is 6.21. The number of likely N-dealkylation sites (tertiary alicyclic amines) is 1. The van der Waals surface area contributed by atoms with Gasteiger partial charge in [0.1, 0.15) is 5.03 Å². The summed E-state index contributed by atoms with van der Waals surface area (Å²) in [5.41, 5.74) is -0.0632. The molecule has 0 N–H and O–H groups in total. The average molecular weight is 293 g/mol. The summed E-state index contributed by atoms with van der Waals surface area (Å²) in [7, 11) is 0. The van der Waals surface area contributed by atoms with Crippen molar-refractivity contribution in [3.63, 3.8) is 0 Å². The maximum atomic E-state index is 12.1. The summed E-state index contributed by atoms with van der Waals surface area (Å²) in [6, 6.07) is 2.86. The van der Waals surface area contributed by atoms with Crippen LogP contribution in [-0.2, 0) is 9.59 Å². The number of nitrogens with zero attached hydrogens (tertiary/aromatic N) is 2. The minimum atomic E-state index is -1.34. The van der Waals surface area contributed by atoms with Gasteiger partial charge in [0.25, 0.3) is 0 Å². The minimum Gasteiger partial charge on any atom is -0.545 e. The van der Waals surface area contributed by atoms with Crippen LogP contribution in [-0.4, -0.2) is 39.5 Å². The lowest BCUT2D eigenvalue weighted by molar-refractivity contribution is -0.255. The Labute approximate surface area is 120 Å². The van der Waals surface area contributed by atoms with Crippen LogP contribution in [0.25, 0.3) is 0 Å². The standard InChI is InChI=1S/C13H14N2O4S/c1-2-6-15-10(16)7-9(12(15)17)20-11-8(13(18)19)4-3-5-14-11/h3-5,9H,2,6-7H2,1H3,(H,18,19)/p-1/t9-/m1/s1. The fourth-order valence-electron chi connectivity index (χ4n) is 1.98. The van der Waals surface area contributed by atoms with E-state index in [2.05, 4.69) is 4.98 Å². The first-order valence-corrected chi connectivity index (χ1v) is 7.09. The molecule has 0 radical (unpaired) electrons. The predicted octanol–water partition coefficient (Wildman–Crippen LogP) is 0.0747. The number of aromatic nitrogens is 1. The Bertz CT molecular complexity index is 561. The predicted molar refractivity (Wildman–Crippen MR) is 69.8 cm³/mol. The van der Waals surface area contributed by atoms with Crippen LogP contribution in [0.4, 0.5) is 0 Å². The molecule has 0 unspecified atom stereocenters. The molecule has 2 rings (SSSR count). The topological polar surface area (TPSA) is 90.4 Å². The van der Waals surface area contributed by atoms with Crippen molar-refractivity contribution in [2.45, 2.75) is 30.0 Å². The second-order valence-corrected chi connectivity index (χ2v) is 5.53. The number of carbonyl (C=O) groups is 3. The lowest BCUT2D eigenvalue weighted by Gasteiger charge is -2.14. The molecule has 1 aliphatic heterocycles. The van der Waals surface area contributed by atoms with Gasteiger partial charge in [-0.05, 0) is 18.6 Å². The van der Waals surface area contributed by atoms with Crippen molar-refractivity contribution in [2.75, 3.05) is 6.54 Å². The maximum Gasteiger partial charge on any atom is 0.243 e. The van der Waals surface area contributed by atoms with Crippen molar-refractivity contribution >= 4 is 29.5 Å². The van der Waals surface area contributed by atoms with Gasteiger partial charge in [-0.25, -0.2) is 4.98 Å². The summed E-state index contributed by atoms with van der Waals surface area (Å²) >= 11 is 1.00. The minimum absolute atomic E-state index is 0.0632. The Morgan fingerprint density at radius 2 is 2.30 bits per heavy atom. The Kier molecular flexibility index (Phi) is 4.39. The molecule has 0 bridgehead atoms. The summed E-state index contributed by atoms with van der Waals surface area (Å²) in [5.74, 6) is -1.85. The van der Waals surface area contributed by atoms with Crippen LogP contribution < -0.4 is 5.11 Å². The van der Waals surface area contributed by atoms with E-state index in [0.717, 1.165) is 11.8 Å². The third-order valence-corrected chi connectivity index (χ3v) is 4.10. The van der Waals surface area contributed by atoms with Gasteiger partial charge < -0.3 is 9.90 Å². The number of hydrogen-bond donors (Lipinski definition) is 0. The third kappa shape index (κ3) is 2.82. The molecule has 1 aromatic heterocycles. The number of thioether (sulfide) groups is 1. The Morgan fingerprint density at radius 1 is 1.55 bits per heavy atom. The monoisotopic (exact) mass is 293 g/mol. The number of imide groups is 1. The Morgan fingerprint density at radius 3 is 2.95 bits per heavy atom. The van der Waals surface area contributed by atoms with E-state index in [1.807, 2.05) is 6.92 Å². The number of aromatic carboxylic acids is 1. The van der Waals surface area contributed by atoms with Crippen molar-refractivity contribution in [1.82, 2.24) is 9.88 Å². The number of pyridine rings is 1. The highest BCUT2D eigenvalue weighted by Crippen LogP contribution is 2.31. The highest BCUT2D eigenvalue weighted by atomic mass is 32.2. The first-order chi connectivity index (χ1) is 9.54. The lowest BCUT2D eigenvalue weighted by atomic mass is 10.3. The third-order valence-electron chi connectivity index (χ3n) is 2.89. The van der Waals surface area contributed by atoms with E-state index in [1.54, 1.807) is 0 Å². The van der Waals surface area contributed by atoms with E-state index in [9.17, 15) is 19.5 Å². The molecule has 0 aromatic carbocycles. The quantitative estimate of drug-likeness (QED) is 0.714. The summed E-state index contributed by atoms with van der Waals surface area (Å²) < 4.78 is 0. The molecule has 0 aliphatic carbocycles. The molecule has 6 nitrogen and oxygen atoms in total. The van der Waals surface area contributed by atoms with Crippen molar-refractivity contribution in [1.29, 1.82) is 0 Å². The van der Waals surface area contributed by atoms with Crippen LogP contribution in [0.2, 0.25) is 0 Å². The van der Waals surface area contributed by atoms with E-state index >= 15 is 0 Å². The molecule has 0 saturated carbocycles. The van der Waals surface area contributed by atoms with Crippen LogP contribution in [0.1, 0.15) is 30.1 Å². The molecule has 1 atom stereocenters. The van der Waals surface area contributed by atoms with E-state index < -0.39 is 11.2 Å². The molecular formula is C13H13N2O4S-. The van der Waals surface area contributed by atoms with Gasteiger partial charge in [-0.15, -0.1) is 0 Å². The second-order valence-electron chi connectivity index (χ2n) is 4.34. The van der Waals surface area contributed by atoms with Crippen LogP contribution in [0.15, 0.2) is 23.4 Å². The van der Waals surface area contributed by atoms with Gasteiger partial charge >= 0.3 is 0 Å². The molecule has 2 amide bonds. The number of amides is 2. The van der Waals surface area contributed by atoms with Gasteiger partial charge in [-0.1, -0.05) is 18.7 Å². The number of carbonyl (C=O) groups excluding carboxylic acids is 3. The number of hydrogen-bond acceptors (Lipinski definition) is 6. The fourth-order valence-corrected chi connectivity index (χ4v) is 3.10. The van der Waals surface area contributed by atoms with E-state index in [0.29, 0.717) is 13.0 Å². The maximum absolute atomic E-state index is 12.1. The van der Waals surface area contributed by atoms with Gasteiger partial charge in [-0.2, -0.15) is 0 Å². The van der Waals surface area contributed by atoms with Gasteiger partial charge in [0, 0.05) is 24.7 Å². The first kappa shape index (κ1) is 14.5. The van der Waals surface area contributed by atoms with Crippen LogP contribution in [0.3, 0.4) is 0 Å². The molecule has 1 aromatic rings. The van der Waals surface area contributed by atoms with E-state index in [-0.39, 0.29) is 28.8 Å². The number of carboxylic acids is 1. The molecule has 1 saturated heterocycles. The molecule has 1 fully saturated rings. The highest BCUT2D eigenvalue weighted by molar-refractivity contribution is 8.00. The van der Waals surface area contributed by atoms with Crippen LogP contribution >= 0.6 is 11.8 Å². The van der Waals surface area contributed by atoms with Gasteiger partial charge in [-0.3, -0.25) is 14.5 Å². The highest BCUT2D eigenvalue weighted by Gasteiger charge is 2.39. The Balaban J connectivity index is 2.18. The molecule has 2 heterocycles. The van der Waals surface area contributed by atoms with Crippen molar-refractivity contribution < 1.29 is 19.5 Å².